The van der Waals surface area contributed by atoms with Crippen molar-refractivity contribution in [2.75, 3.05) is 27.2 Å². The van der Waals surface area contributed by atoms with E-state index in [2.05, 4.69) is 5.32 Å². The monoisotopic (exact) mass is 312 g/mol. The average molecular weight is 312 g/mol. The molecular formula is C15H24N2O3S. The molecule has 0 amide bonds. The number of nitrogens with one attached hydrogen (secondary N) is 1. The maximum absolute atomic E-state index is 12.6. The Morgan fingerprint density at radius 3 is 2.86 bits per heavy atom. The Hall–Kier alpha value is -0.950. The summed E-state index contributed by atoms with van der Waals surface area (Å²) in [6, 6.07) is 7.07. The van der Waals surface area contributed by atoms with Crippen molar-refractivity contribution in [3.05, 3.63) is 29.8 Å². The van der Waals surface area contributed by atoms with E-state index in [-0.39, 0.29) is 6.10 Å². The summed E-state index contributed by atoms with van der Waals surface area (Å²) in [6.07, 6.45) is 3.12. The van der Waals surface area contributed by atoms with Gasteiger partial charge in [-0.2, -0.15) is 4.31 Å². The summed E-state index contributed by atoms with van der Waals surface area (Å²) < 4.78 is 32.3. The first kappa shape index (κ1) is 16.4. The largest absolute Gasteiger partial charge is 0.377 e. The minimum Gasteiger partial charge on any atom is -0.377 e. The van der Waals surface area contributed by atoms with Gasteiger partial charge in [0.15, 0.2) is 0 Å². The topological polar surface area (TPSA) is 58.6 Å². The number of hydrogen-bond acceptors (Lipinski definition) is 4. The number of hydrogen-bond donors (Lipinski definition) is 1. The normalized spacial score (nSPS) is 19.9. The van der Waals surface area contributed by atoms with Crippen LogP contribution in [0, 0.1) is 0 Å². The number of ether oxygens (including phenoxy) is 1. The third kappa shape index (κ3) is 4.26. The Morgan fingerprint density at radius 2 is 2.19 bits per heavy atom. The first-order chi connectivity index (χ1) is 10.0. The van der Waals surface area contributed by atoms with E-state index in [1.54, 1.807) is 25.2 Å². The van der Waals surface area contributed by atoms with Gasteiger partial charge in [-0.05, 0) is 44.0 Å². The molecule has 1 heterocycles. The average Bonchev–Trinajstić information content (AvgIpc) is 2.49. The van der Waals surface area contributed by atoms with Gasteiger partial charge in [0.2, 0.25) is 10.0 Å². The van der Waals surface area contributed by atoms with Crippen molar-refractivity contribution in [3.8, 4) is 0 Å². The maximum Gasteiger partial charge on any atom is 0.242 e. The van der Waals surface area contributed by atoms with Gasteiger partial charge < -0.3 is 10.1 Å². The first-order valence-electron chi connectivity index (χ1n) is 7.35. The molecular weight excluding hydrogens is 288 g/mol. The molecule has 0 aromatic heterocycles. The van der Waals surface area contributed by atoms with Crippen LogP contribution in [0.15, 0.2) is 29.2 Å². The van der Waals surface area contributed by atoms with Gasteiger partial charge in [-0.3, -0.25) is 0 Å². The highest BCUT2D eigenvalue weighted by Crippen LogP contribution is 2.19. The molecule has 1 N–H and O–H groups in total. The summed E-state index contributed by atoms with van der Waals surface area (Å²) in [4.78, 5) is 0.341. The smallest absolute Gasteiger partial charge is 0.242 e. The number of sulfonamides is 1. The lowest BCUT2D eigenvalue weighted by Crippen LogP contribution is -2.37. The van der Waals surface area contributed by atoms with Crippen molar-refractivity contribution in [1.29, 1.82) is 0 Å². The SMILES string of the molecule is CNCc1cccc(S(=O)(=O)N(C)CC2CCCCO2)c1. The van der Waals surface area contributed by atoms with Crippen LogP contribution >= 0.6 is 0 Å². The molecule has 1 aromatic carbocycles. The fraction of sp³-hybridized carbons (Fsp3) is 0.600. The second-order valence-corrected chi connectivity index (χ2v) is 7.50. The zero-order chi connectivity index (χ0) is 15.3. The Balaban J connectivity index is 2.10. The molecule has 1 aliphatic rings. The van der Waals surface area contributed by atoms with E-state index >= 15 is 0 Å². The Bertz CT molecular complexity index is 554. The van der Waals surface area contributed by atoms with Crippen LogP contribution in [0.2, 0.25) is 0 Å². The van der Waals surface area contributed by atoms with Crippen molar-refractivity contribution in [1.82, 2.24) is 9.62 Å². The van der Waals surface area contributed by atoms with Crippen LogP contribution in [-0.2, 0) is 21.3 Å². The van der Waals surface area contributed by atoms with Gasteiger partial charge in [0, 0.05) is 26.7 Å². The lowest BCUT2D eigenvalue weighted by molar-refractivity contribution is 0.00858. The summed E-state index contributed by atoms with van der Waals surface area (Å²) in [6.45, 7) is 1.80. The van der Waals surface area contributed by atoms with Gasteiger partial charge in [-0.25, -0.2) is 8.42 Å². The van der Waals surface area contributed by atoms with Crippen molar-refractivity contribution in [3.63, 3.8) is 0 Å². The van der Waals surface area contributed by atoms with E-state index in [9.17, 15) is 8.42 Å². The van der Waals surface area contributed by atoms with Crippen molar-refractivity contribution in [2.45, 2.75) is 36.8 Å². The predicted molar refractivity (Wildman–Crippen MR) is 82.6 cm³/mol. The zero-order valence-corrected chi connectivity index (χ0v) is 13.5. The molecule has 1 saturated heterocycles. The highest BCUT2D eigenvalue weighted by atomic mass is 32.2. The number of rotatable bonds is 6. The predicted octanol–water partition coefficient (Wildman–Crippen LogP) is 1.60. The zero-order valence-electron chi connectivity index (χ0n) is 12.7. The molecule has 1 fully saturated rings. The van der Waals surface area contributed by atoms with Crippen LogP contribution in [0.25, 0.3) is 0 Å². The molecule has 1 atom stereocenters. The molecule has 5 nitrogen and oxygen atoms in total. The molecule has 0 bridgehead atoms. The van der Waals surface area contributed by atoms with Gasteiger partial charge in [0.25, 0.3) is 0 Å². The Morgan fingerprint density at radius 1 is 1.38 bits per heavy atom. The van der Waals surface area contributed by atoms with Gasteiger partial charge in [0.05, 0.1) is 11.0 Å². The maximum atomic E-state index is 12.6. The molecule has 1 aromatic rings. The molecule has 0 saturated carbocycles. The van der Waals surface area contributed by atoms with E-state index in [4.69, 9.17) is 4.74 Å². The van der Waals surface area contributed by atoms with Crippen LogP contribution in [0.5, 0.6) is 0 Å². The third-order valence-electron chi connectivity index (χ3n) is 3.72. The molecule has 2 rings (SSSR count). The van der Waals surface area contributed by atoms with Crippen molar-refractivity contribution >= 4 is 10.0 Å². The van der Waals surface area contributed by atoms with E-state index < -0.39 is 10.0 Å². The molecule has 118 valence electrons. The van der Waals surface area contributed by atoms with Gasteiger partial charge in [-0.15, -0.1) is 0 Å². The van der Waals surface area contributed by atoms with E-state index in [0.29, 0.717) is 18.0 Å². The lowest BCUT2D eigenvalue weighted by Gasteiger charge is -2.27. The summed E-state index contributed by atoms with van der Waals surface area (Å²) in [7, 11) is 0.0104. The molecule has 6 heteroatoms. The van der Waals surface area contributed by atoms with Crippen LogP contribution in [0.1, 0.15) is 24.8 Å². The summed E-state index contributed by atoms with van der Waals surface area (Å²) in [5.41, 5.74) is 0.959. The van der Waals surface area contributed by atoms with Crippen LogP contribution in [0.3, 0.4) is 0 Å². The Labute approximate surface area is 127 Å². The minimum absolute atomic E-state index is 0.0130. The molecule has 0 radical (unpaired) electrons. The standard InChI is InChI=1S/C15H24N2O3S/c1-16-11-13-6-5-8-15(10-13)21(18,19)17(2)12-14-7-3-4-9-20-14/h5-6,8,10,14,16H,3-4,7,9,11-12H2,1-2H3. The molecule has 0 spiro atoms. The van der Waals surface area contributed by atoms with Crippen LogP contribution < -0.4 is 5.32 Å². The fourth-order valence-corrected chi connectivity index (χ4v) is 3.81. The number of nitrogens with zero attached hydrogens (tertiary/aromatic N) is 1. The molecule has 0 aliphatic carbocycles. The second-order valence-electron chi connectivity index (χ2n) is 5.45. The summed E-state index contributed by atoms with van der Waals surface area (Å²) >= 11 is 0. The summed E-state index contributed by atoms with van der Waals surface area (Å²) in [5.74, 6) is 0. The van der Waals surface area contributed by atoms with E-state index in [0.717, 1.165) is 31.4 Å². The summed E-state index contributed by atoms with van der Waals surface area (Å²) in [5, 5.41) is 3.03. The molecule has 1 aliphatic heterocycles. The highest BCUT2D eigenvalue weighted by Gasteiger charge is 2.25. The lowest BCUT2D eigenvalue weighted by atomic mass is 10.1. The number of likely N-dealkylation sites (N-methyl/N-ethyl adjacent to an activating group) is 1. The van der Waals surface area contributed by atoms with Gasteiger partial charge >= 0.3 is 0 Å². The van der Waals surface area contributed by atoms with Crippen molar-refractivity contribution < 1.29 is 13.2 Å². The quantitative estimate of drug-likeness (QED) is 0.867. The second kappa shape index (κ2) is 7.35. The highest BCUT2D eigenvalue weighted by molar-refractivity contribution is 7.89. The van der Waals surface area contributed by atoms with E-state index in [1.165, 1.54) is 4.31 Å². The van der Waals surface area contributed by atoms with Gasteiger partial charge in [0.1, 0.15) is 0 Å². The first-order valence-corrected chi connectivity index (χ1v) is 8.79. The third-order valence-corrected chi connectivity index (χ3v) is 5.54. The fourth-order valence-electron chi connectivity index (χ4n) is 2.54. The minimum atomic E-state index is -3.45. The molecule has 21 heavy (non-hydrogen) atoms. The van der Waals surface area contributed by atoms with Gasteiger partial charge in [-0.1, -0.05) is 12.1 Å². The molecule has 1 unspecified atom stereocenters. The van der Waals surface area contributed by atoms with Crippen LogP contribution in [0.4, 0.5) is 0 Å². The number of benzene rings is 1. The van der Waals surface area contributed by atoms with E-state index in [1.807, 2.05) is 13.1 Å². The Kier molecular flexibility index (Phi) is 5.75. The van der Waals surface area contributed by atoms with Crippen LogP contribution in [-0.4, -0.2) is 46.1 Å². The van der Waals surface area contributed by atoms with Crippen molar-refractivity contribution in [2.24, 2.45) is 0 Å².